The van der Waals surface area contributed by atoms with E-state index >= 15 is 0 Å². The second-order valence-electron chi connectivity index (χ2n) is 2.29. The second-order valence-corrected chi connectivity index (χ2v) is 3.31. The fourth-order valence-corrected chi connectivity index (χ4v) is 1.04. The fourth-order valence-electron chi connectivity index (χ4n) is 0.791. The van der Waals surface area contributed by atoms with E-state index in [1.165, 1.54) is 0 Å². The molecule has 0 unspecified atom stereocenters. The summed E-state index contributed by atoms with van der Waals surface area (Å²) in [5, 5.41) is 0. The normalized spacial score (nSPS) is 13.9. The van der Waals surface area contributed by atoms with Gasteiger partial charge in [-0.1, -0.05) is 40.7 Å². The van der Waals surface area contributed by atoms with Crippen LogP contribution in [0.2, 0.25) is 0 Å². The largest absolute Gasteiger partial charge is 0.398 e. The average molecular weight is 228 g/mol. The Bertz CT molecular complexity index is 247. The van der Waals surface area contributed by atoms with Crippen molar-refractivity contribution in [2.24, 2.45) is 5.73 Å². The van der Waals surface area contributed by atoms with Crippen LogP contribution >= 0.6 is 15.9 Å². The van der Waals surface area contributed by atoms with Crippen molar-refractivity contribution in [3.63, 3.8) is 0 Å². The van der Waals surface area contributed by atoms with Crippen LogP contribution in [0.3, 0.4) is 0 Å². The van der Waals surface area contributed by atoms with Gasteiger partial charge in [-0.3, -0.25) is 0 Å². The third-order valence-corrected chi connectivity index (χ3v) is 1.53. The van der Waals surface area contributed by atoms with Crippen LogP contribution in [-0.2, 0) is 0 Å². The van der Waals surface area contributed by atoms with Crippen molar-refractivity contribution in [2.75, 3.05) is 0 Å². The Labute approximate surface area is 82.5 Å². The van der Waals surface area contributed by atoms with Gasteiger partial charge in [0.1, 0.15) is 0 Å². The molecule has 1 nitrogen and oxygen atoms in total. The number of hydrogen-bond acceptors (Lipinski definition) is 1. The van der Waals surface area contributed by atoms with E-state index in [0.717, 1.165) is 15.8 Å². The molecule has 0 radical (unpaired) electrons. The molecule has 0 amide bonds. The zero-order valence-corrected chi connectivity index (χ0v) is 9.06. The van der Waals surface area contributed by atoms with Gasteiger partial charge in [0.25, 0.3) is 0 Å². The Kier molecular flexibility index (Phi) is 5.47. The maximum absolute atomic E-state index is 5.77. The van der Waals surface area contributed by atoms with Crippen molar-refractivity contribution in [3.05, 3.63) is 46.6 Å². The highest BCUT2D eigenvalue weighted by Gasteiger charge is 1.93. The van der Waals surface area contributed by atoms with Crippen LogP contribution in [-0.4, -0.2) is 0 Å². The quantitative estimate of drug-likeness (QED) is 0.737. The number of allylic oxidation sites excluding steroid dienone is 5. The van der Waals surface area contributed by atoms with Crippen LogP contribution in [0, 0.1) is 0 Å². The molecule has 2 N–H and O–H groups in total. The minimum Gasteiger partial charge on any atom is -0.398 e. The molecule has 0 fully saturated rings. The summed E-state index contributed by atoms with van der Waals surface area (Å²) in [4.78, 5) is 0. The van der Waals surface area contributed by atoms with Crippen LogP contribution in [0.4, 0.5) is 0 Å². The predicted molar refractivity (Wildman–Crippen MR) is 58.9 cm³/mol. The van der Waals surface area contributed by atoms with Gasteiger partial charge in [0.2, 0.25) is 0 Å². The Morgan fingerprint density at radius 1 is 1.42 bits per heavy atom. The van der Waals surface area contributed by atoms with E-state index in [1.54, 1.807) is 6.08 Å². The predicted octanol–water partition coefficient (Wildman–Crippen LogP) is 3.26. The van der Waals surface area contributed by atoms with E-state index in [9.17, 15) is 0 Å². The van der Waals surface area contributed by atoms with Gasteiger partial charge in [0.05, 0.1) is 0 Å². The van der Waals surface area contributed by atoms with Gasteiger partial charge in [-0.2, -0.15) is 0 Å². The first-order valence-electron chi connectivity index (χ1n) is 3.72. The van der Waals surface area contributed by atoms with Gasteiger partial charge >= 0.3 is 0 Å². The van der Waals surface area contributed by atoms with Gasteiger partial charge in [0, 0.05) is 10.2 Å². The Morgan fingerprint density at radius 2 is 2.00 bits per heavy atom. The van der Waals surface area contributed by atoms with Gasteiger partial charge in [-0.25, -0.2) is 0 Å². The lowest BCUT2D eigenvalue weighted by atomic mass is 10.1. The summed E-state index contributed by atoms with van der Waals surface area (Å²) in [5.41, 5.74) is 7.50. The zero-order valence-electron chi connectivity index (χ0n) is 7.47. The first kappa shape index (κ1) is 11.2. The van der Waals surface area contributed by atoms with Crippen molar-refractivity contribution in [2.45, 2.75) is 13.8 Å². The third kappa shape index (κ3) is 4.19. The van der Waals surface area contributed by atoms with E-state index < -0.39 is 0 Å². The van der Waals surface area contributed by atoms with Crippen LogP contribution in [0.15, 0.2) is 46.6 Å². The molecule has 0 aliphatic carbocycles. The lowest BCUT2D eigenvalue weighted by Crippen LogP contribution is -1.98. The summed E-state index contributed by atoms with van der Waals surface area (Å²) in [6, 6.07) is 0. The number of nitrogens with two attached hydrogens (primary N) is 1. The van der Waals surface area contributed by atoms with E-state index in [2.05, 4.69) is 22.5 Å². The molecule has 0 bridgehead atoms. The Morgan fingerprint density at radius 3 is 2.33 bits per heavy atom. The molecule has 0 aliphatic rings. The number of halogens is 1. The highest BCUT2D eigenvalue weighted by molar-refractivity contribution is 9.11. The van der Waals surface area contributed by atoms with Crippen LogP contribution < -0.4 is 5.73 Å². The summed E-state index contributed by atoms with van der Waals surface area (Å²) in [6.45, 7) is 7.59. The van der Waals surface area contributed by atoms with E-state index in [0.29, 0.717) is 0 Å². The molecule has 12 heavy (non-hydrogen) atoms. The Balaban J connectivity index is 4.65. The minimum atomic E-state index is 0.720. The summed E-state index contributed by atoms with van der Waals surface area (Å²) in [5.74, 6) is 0. The molecule has 66 valence electrons. The van der Waals surface area contributed by atoms with Crippen LogP contribution in [0.25, 0.3) is 0 Å². The van der Waals surface area contributed by atoms with Crippen molar-refractivity contribution < 1.29 is 0 Å². The molecule has 0 rings (SSSR count). The van der Waals surface area contributed by atoms with Crippen molar-refractivity contribution in [3.8, 4) is 0 Å². The summed E-state index contributed by atoms with van der Waals surface area (Å²) >= 11 is 3.22. The summed E-state index contributed by atoms with van der Waals surface area (Å²) in [7, 11) is 0. The van der Waals surface area contributed by atoms with Gasteiger partial charge in [0.15, 0.2) is 0 Å². The lowest BCUT2D eigenvalue weighted by Gasteiger charge is -2.00. The maximum Gasteiger partial charge on any atom is 0.0395 e. The number of hydrogen-bond donors (Lipinski definition) is 1. The molecule has 0 heterocycles. The van der Waals surface area contributed by atoms with Gasteiger partial charge < -0.3 is 5.73 Å². The first-order valence-corrected chi connectivity index (χ1v) is 4.52. The molecular weight excluding hydrogens is 214 g/mol. The van der Waals surface area contributed by atoms with E-state index in [4.69, 9.17) is 5.73 Å². The molecule has 0 aromatic rings. The summed E-state index contributed by atoms with van der Waals surface area (Å²) < 4.78 is 0.781. The zero-order chi connectivity index (χ0) is 9.56. The van der Waals surface area contributed by atoms with Crippen molar-refractivity contribution in [1.82, 2.24) is 0 Å². The second kappa shape index (κ2) is 5.84. The lowest BCUT2D eigenvalue weighted by molar-refractivity contribution is 1.33. The Hall–Kier alpha value is -0.760. The molecule has 0 spiro atoms. The topological polar surface area (TPSA) is 26.0 Å². The van der Waals surface area contributed by atoms with Crippen molar-refractivity contribution in [1.29, 1.82) is 0 Å². The summed E-state index contributed by atoms with van der Waals surface area (Å²) in [6.07, 6.45) is 7.66. The SMILES string of the molecule is C=C(Br)\C=C(N)/C(=C\C)/C=C/C. The first-order chi connectivity index (χ1) is 5.61. The molecular formula is C10H14BrN. The molecule has 0 atom stereocenters. The van der Waals surface area contributed by atoms with Crippen LogP contribution in [0.1, 0.15) is 13.8 Å². The van der Waals surface area contributed by atoms with E-state index in [-0.39, 0.29) is 0 Å². The number of rotatable bonds is 3. The van der Waals surface area contributed by atoms with Gasteiger partial charge in [-0.15, -0.1) is 0 Å². The molecule has 0 saturated carbocycles. The minimum absolute atomic E-state index is 0.720. The molecule has 2 heteroatoms. The smallest absolute Gasteiger partial charge is 0.0395 e. The average Bonchev–Trinajstić information content (AvgIpc) is 1.98. The molecule has 0 aliphatic heterocycles. The fraction of sp³-hybridized carbons (Fsp3) is 0.200. The molecule has 0 aromatic heterocycles. The van der Waals surface area contributed by atoms with Gasteiger partial charge in [-0.05, 0) is 25.5 Å². The monoisotopic (exact) mass is 227 g/mol. The standard InChI is InChI=1S/C10H14BrN/c1-4-6-9(5-2)10(12)7-8(3)11/h4-7H,3,12H2,1-2H3/b6-4+,9-5-,10-7+. The van der Waals surface area contributed by atoms with E-state index in [1.807, 2.05) is 32.1 Å². The maximum atomic E-state index is 5.77. The highest BCUT2D eigenvalue weighted by Crippen LogP contribution is 2.11. The van der Waals surface area contributed by atoms with Crippen molar-refractivity contribution >= 4 is 15.9 Å². The highest BCUT2D eigenvalue weighted by atomic mass is 79.9. The molecule has 0 aromatic carbocycles. The third-order valence-electron chi connectivity index (χ3n) is 1.30. The molecule has 0 saturated heterocycles. The van der Waals surface area contributed by atoms with Crippen LogP contribution in [0.5, 0.6) is 0 Å².